The van der Waals surface area contributed by atoms with Crippen molar-refractivity contribution in [3.8, 4) is 0 Å². The van der Waals surface area contributed by atoms with Crippen molar-refractivity contribution in [2.24, 2.45) is 17.2 Å². The van der Waals surface area contributed by atoms with Crippen LogP contribution in [0.25, 0.3) is 0 Å². The van der Waals surface area contributed by atoms with Gasteiger partial charge in [0.05, 0.1) is 0 Å². The number of nitrogen functional groups attached to an aromatic ring is 1. The Morgan fingerprint density at radius 3 is 2.81 bits per heavy atom. The summed E-state index contributed by atoms with van der Waals surface area (Å²) in [5.74, 6) is 7.34. The zero-order chi connectivity index (χ0) is 11.8. The highest BCUT2D eigenvalue weighted by atomic mass is 15.3. The highest BCUT2D eigenvalue weighted by Gasteiger charge is 2.45. The first kappa shape index (κ1) is 11.1. The highest BCUT2D eigenvalue weighted by Crippen LogP contribution is 2.51. The molecule has 4 N–H and O–H groups in total. The third kappa shape index (κ3) is 2.24. The molecule has 0 radical (unpaired) electrons. The topological polar surface area (TPSA) is 75.9 Å². The Bertz CT molecular complexity index is 388. The maximum Gasteiger partial charge on any atom is 0.239 e. The van der Waals surface area contributed by atoms with Gasteiger partial charge in [-0.25, -0.2) is 10.8 Å². The molecule has 16 heavy (non-hydrogen) atoms. The summed E-state index contributed by atoms with van der Waals surface area (Å²) in [6.45, 7) is 7.54. The van der Waals surface area contributed by atoms with E-state index in [1.807, 2.05) is 6.92 Å². The standard InChI is InChI=1S/C11H19N5/c1-7-5-14-10(16-12)15-9(7)13-6-8-4-11(8,2)3/h5,8H,4,6,12H2,1-3H3,(H2,13,14,15,16). The Kier molecular flexibility index (Phi) is 2.71. The molecule has 1 heterocycles. The summed E-state index contributed by atoms with van der Waals surface area (Å²) in [5.41, 5.74) is 3.98. The number of rotatable bonds is 4. The molecule has 1 aromatic rings. The first-order valence-electron chi connectivity index (χ1n) is 5.57. The van der Waals surface area contributed by atoms with E-state index in [1.165, 1.54) is 6.42 Å². The van der Waals surface area contributed by atoms with E-state index in [9.17, 15) is 0 Å². The van der Waals surface area contributed by atoms with Crippen molar-refractivity contribution in [3.05, 3.63) is 11.8 Å². The molecule has 5 nitrogen and oxygen atoms in total. The molecule has 88 valence electrons. The maximum absolute atomic E-state index is 5.28. The first-order valence-corrected chi connectivity index (χ1v) is 5.57. The number of hydrogen-bond acceptors (Lipinski definition) is 5. The summed E-state index contributed by atoms with van der Waals surface area (Å²) in [5, 5.41) is 3.36. The quantitative estimate of drug-likeness (QED) is 0.531. The van der Waals surface area contributed by atoms with E-state index in [4.69, 9.17) is 5.84 Å². The van der Waals surface area contributed by atoms with Gasteiger partial charge in [0.15, 0.2) is 0 Å². The predicted octanol–water partition coefficient (Wildman–Crippen LogP) is 1.53. The third-order valence-corrected chi connectivity index (χ3v) is 3.33. The van der Waals surface area contributed by atoms with Crippen molar-refractivity contribution in [3.63, 3.8) is 0 Å². The minimum atomic E-state index is 0.447. The summed E-state index contributed by atoms with van der Waals surface area (Å²) < 4.78 is 0. The largest absolute Gasteiger partial charge is 0.369 e. The lowest BCUT2D eigenvalue weighted by Crippen LogP contribution is -2.14. The highest BCUT2D eigenvalue weighted by molar-refractivity contribution is 5.46. The van der Waals surface area contributed by atoms with Crippen LogP contribution in [0.2, 0.25) is 0 Å². The van der Waals surface area contributed by atoms with Crippen LogP contribution < -0.4 is 16.6 Å². The number of nitrogens with one attached hydrogen (secondary N) is 2. The van der Waals surface area contributed by atoms with E-state index in [1.54, 1.807) is 6.20 Å². The molecule has 1 fully saturated rings. The fraction of sp³-hybridized carbons (Fsp3) is 0.636. The van der Waals surface area contributed by atoms with Gasteiger partial charge in [-0.2, -0.15) is 4.98 Å². The van der Waals surface area contributed by atoms with Crippen molar-refractivity contribution < 1.29 is 0 Å². The van der Waals surface area contributed by atoms with Crippen molar-refractivity contribution in [1.82, 2.24) is 9.97 Å². The Hall–Kier alpha value is -1.36. The minimum Gasteiger partial charge on any atom is -0.369 e. The van der Waals surface area contributed by atoms with E-state index in [0.29, 0.717) is 11.4 Å². The molecule has 1 unspecified atom stereocenters. The molecule has 0 spiro atoms. The van der Waals surface area contributed by atoms with Gasteiger partial charge < -0.3 is 5.32 Å². The van der Waals surface area contributed by atoms with Crippen LogP contribution in [0.4, 0.5) is 11.8 Å². The number of hydrogen-bond donors (Lipinski definition) is 3. The number of aromatic nitrogens is 2. The van der Waals surface area contributed by atoms with Crippen LogP contribution in [0.3, 0.4) is 0 Å². The Morgan fingerprint density at radius 2 is 2.25 bits per heavy atom. The molecule has 0 bridgehead atoms. The maximum atomic E-state index is 5.28. The zero-order valence-electron chi connectivity index (χ0n) is 10.0. The number of anilines is 2. The molecule has 1 aliphatic rings. The van der Waals surface area contributed by atoms with Crippen molar-refractivity contribution in [1.29, 1.82) is 0 Å². The molecular weight excluding hydrogens is 202 g/mol. The van der Waals surface area contributed by atoms with Crippen molar-refractivity contribution in [2.75, 3.05) is 17.3 Å². The molecule has 0 aliphatic heterocycles. The van der Waals surface area contributed by atoms with Gasteiger partial charge >= 0.3 is 0 Å². The smallest absolute Gasteiger partial charge is 0.239 e. The third-order valence-electron chi connectivity index (χ3n) is 3.33. The number of nitrogens with zero attached hydrogens (tertiary/aromatic N) is 2. The van der Waals surface area contributed by atoms with Crippen LogP contribution in [0.5, 0.6) is 0 Å². The summed E-state index contributed by atoms with van der Waals surface area (Å²) in [6.07, 6.45) is 3.05. The van der Waals surface area contributed by atoms with E-state index in [-0.39, 0.29) is 0 Å². The second kappa shape index (κ2) is 3.90. The van der Waals surface area contributed by atoms with Crippen LogP contribution in [-0.2, 0) is 0 Å². The van der Waals surface area contributed by atoms with Crippen molar-refractivity contribution in [2.45, 2.75) is 27.2 Å². The molecule has 0 amide bonds. The molecule has 2 rings (SSSR count). The van der Waals surface area contributed by atoms with Gasteiger partial charge in [0.1, 0.15) is 5.82 Å². The van der Waals surface area contributed by atoms with Gasteiger partial charge in [-0.3, -0.25) is 5.43 Å². The molecule has 1 aliphatic carbocycles. The van der Waals surface area contributed by atoms with Crippen LogP contribution in [0.1, 0.15) is 25.8 Å². The lowest BCUT2D eigenvalue weighted by molar-refractivity contribution is 0.572. The van der Waals surface area contributed by atoms with E-state index in [0.717, 1.165) is 23.8 Å². The Morgan fingerprint density at radius 1 is 1.56 bits per heavy atom. The second-order valence-electron chi connectivity index (χ2n) is 5.14. The number of hydrazine groups is 1. The normalized spacial score (nSPS) is 21.6. The monoisotopic (exact) mass is 221 g/mol. The fourth-order valence-electron chi connectivity index (χ4n) is 1.84. The lowest BCUT2D eigenvalue weighted by atomic mass is 10.1. The molecular formula is C11H19N5. The molecule has 1 atom stereocenters. The second-order valence-corrected chi connectivity index (χ2v) is 5.14. The van der Waals surface area contributed by atoms with Gasteiger partial charge in [-0.15, -0.1) is 0 Å². The Balaban J connectivity index is 1.98. The molecule has 0 aromatic carbocycles. The SMILES string of the molecule is Cc1cnc(NN)nc1NCC1CC1(C)C. The van der Waals surface area contributed by atoms with Crippen molar-refractivity contribution >= 4 is 11.8 Å². The predicted molar refractivity (Wildman–Crippen MR) is 65.0 cm³/mol. The average Bonchev–Trinajstić information content (AvgIpc) is 2.85. The molecule has 5 heteroatoms. The summed E-state index contributed by atoms with van der Waals surface area (Å²) >= 11 is 0. The molecule has 0 saturated heterocycles. The zero-order valence-corrected chi connectivity index (χ0v) is 10.0. The molecule has 1 saturated carbocycles. The summed E-state index contributed by atoms with van der Waals surface area (Å²) in [6, 6.07) is 0. The van der Waals surface area contributed by atoms with Gasteiger partial charge in [-0.05, 0) is 24.7 Å². The van der Waals surface area contributed by atoms with Gasteiger partial charge in [-0.1, -0.05) is 13.8 Å². The summed E-state index contributed by atoms with van der Waals surface area (Å²) in [7, 11) is 0. The van der Waals surface area contributed by atoms with E-state index in [2.05, 4.69) is 34.6 Å². The van der Waals surface area contributed by atoms with E-state index < -0.39 is 0 Å². The van der Waals surface area contributed by atoms with Crippen LogP contribution in [-0.4, -0.2) is 16.5 Å². The lowest BCUT2D eigenvalue weighted by Gasteiger charge is -2.10. The van der Waals surface area contributed by atoms with Crippen LogP contribution in [0.15, 0.2) is 6.20 Å². The molecule has 1 aromatic heterocycles. The van der Waals surface area contributed by atoms with Crippen LogP contribution in [0, 0.1) is 18.3 Å². The minimum absolute atomic E-state index is 0.447. The van der Waals surface area contributed by atoms with E-state index >= 15 is 0 Å². The van der Waals surface area contributed by atoms with Crippen LogP contribution >= 0.6 is 0 Å². The van der Waals surface area contributed by atoms with Gasteiger partial charge in [0, 0.05) is 18.3 Å². The van der Waals surface area contributed by atoms with Gasteiger partial charge in [0.2, 0.25) is 5.95 Å². The summed E-state index contributed by atoms with van der Waals surface area (Å²) in [4.78, 5) is 8.32. The van der Waals surface area contributed by atoms with Gasteiger partial charge in [0.25, 0.3) is 0 Å². The Labute approximate surface area is 95.8 Å². The first-order chi connectivity index (χ1) is 7.53. The average molecular weight is 221 g/mol. The number of nitrogens with two attached hydrogens (primary N) is 1. The number of aryl methyl sites for hydroxylation is 1. The fourth-order valence-corrected chi connectivity index (χ4v) is 1.84.